The van der Waals surface area contributed by atoms with E-state index in [0.29, 0.717) is 13.0 Å². The van der Waals surface area contributed by atoms with Crippen molar-refractivity contribution in [1.29, 1.82) is 0 Å². The van der Waals surface area contributed by atoms with Crippen molar-refractivity contribution < 1.29 is 43.2 Å². The Labute approximate surface area is 230 Å². The molecule has 3 saturated heterocycles. The fraction of sp³-hybridized carbons (Fsp3) is 0.690. The van der Waals surface area contributed by atoms with Crippen LogP contribution in [-0.4, -0.2) is 84.9 Å². The van der Waals surface area contributed by atoms with Crippen LogP contribution in [0.1, 0.15) is 60.3 Å². The lowest BCUT2D eigenvalue weighted by atomic mass is 9.87. The van der Waals surface area contributed by atoms with Crippen molar-refractivity contribution in [3.8, 4) is 0 Å². The predicted octanol–water partition coefficient (Wildman–Crippen LogP) is 3.10. The smallest absolute Gasteiger partial charge is 0.305 e. The number of carboxylic acids is 1. The quantitative estimate of drug-likeness (QED) is 0.173. The third-order valence-corrected chi connectivity index (χ3v) is 7.55. The van der Waals surface area contributed by atoms with Gasteiger partial charge in [0.2, 0.25) is 5.91 Å². The fourth-order valence-electron chi connectivity index (χ4n) is 5.41. The van der Waals surface area contributed by atoms with Crippen LogP contribution < -0.4 is 5.32 Å². The van der Waals surface area contributed by atoms with Gasteiger partial charge >= 0.3 is 11.9 Å². The van der Waals surface area contributed by atoms with Crippen LogP contribution in [0.2, 0.25) is 0 Å². The van der Waals surface area contributed by atoms with Gasteiger partial charge in [0.25, 0.3) is 0 Å². The van der Waals surface area contributed by atoms with Gasteiger partial charge in [0.05, 0.1) is 37.4 Å². The second-order valence-corrected chi connectivity index (χ2v) is 11.0. The molecule has 39 heavy (non-hydrogen) atoms. The molecule has 3 rings (SSSR count). The van der Waals surface area contributed by atoms with Crippen LogP contribution in [0, 0.1) is 5.92 Å². The molecule has 9 atom stereocenters. The van der Waals surface area contributed by atoms with E-state index in [1.54, 1.807) is 20.1 Å². The summed E-state index contributed by atoms with van der Waals surface area (Å²) < 4.78 is 28.7. The number of aliphatic carboxylic acids is 1. The van der Waals surface area contributed by atoms with Gasteiger partial charge in [-0.05, 0) is 45.6 Å². The summed E-state index contributed by atoms with van der Waals surface area (Å²) in [6.07, 6.45) is 9.16. The summed E-state index contributed by atoms with van der Waals surface area (Å²) in [7, 11) is 1.62. The number of allylic oxidation sites excluding steroid dienone is 2. The molecule has 1 spiro atoms. The number of epoxide rings is 1. The molecule has 0 aromatic rings. The van der Waals surface area contributed by atoms with Crippen molar-refractivity contribution in [1.82, 2.24) is 5.32 Å². The number of hydrogen-bond acceptors (Lipinski definition) is 8. The Morgan fingerprint density at radius 1 is 1.18 bits per heavy atom. The van der Waals surface area contributed by atoms with Gasteiger partial charge in [0.15, 0.2) is 0 Å². The van der Waals surface area contributed by atoms with Crippen molar-refractivity contribution >= 4 is 17.8 Å². The first-order valence-corrected chi connectivity index (χ1v) is 13.6. The minimum atomic E-state index is -0.895. The van der Waals surface area contributed by atoms with E-state index in [1.165, 1.54) is 13.0 Å². The zero-order valence-corrected chi connectivity index (χ0v) is 23.8. The van der Waals surface area contributed by atoms with E-state index in [1.807, 2.05) is 26.0 Å². The van der Waals surface area contributed by atoms with Gasteiger partial charge in [0, 0.05) is 26.5 Å². The monoisotopic (exact) mass is 549 g/mol. The molecule has 0 radical (unpaired) electrons. The standard InChI is InChI=1S/C29H43NO9/c1-17(8-11-25-28(35-6)29(16-36-29)15-22(39-25)14-27(33)34)7-10-24-18(2)13-23(20(4)38-24)30-26(32)12-9-19(3)37-21(5)31/h7-9,11-12,18-20,22-25,28H,10,13-16H2,1-6H3,(H,30,32)(H,33,34)/b11-8+,12-9-,17-7+/t18-,19-,20+,22+,23+,24-,25+,28+,29+/m0/s1. The van der Waals surface area contributed by atoms with Crippen molar-refractivity contribution in [3.05, 3.63) is 36.0 Å². The number of carbonyl (C=O) groups is 3. The number of rotatable bonds is 11. The first-order chi connectivity index (χ1) is 18.4. The molecule has 3 aliphatic heterocycles. The highest BCUT2D eigenvalue weighted by molar-refractivity contribution is 5.87. The van der Waals surface area contributed by atoms with Crippen molar-refractivity contribution in [3.63, 3.8) is 0 Å². The number of methoxy groups -OCH3 is 1. The van der Waals surface area contributed by atoms with Gasteiger partial charge < -0.3 is 34.1 Å². The molecule has 3 fully saturated rings. The summed E-state index contributed by atoms with van der Waals surface area (Å²) in [5, 5.41) is 12.2. The fourth-order valence-corrected chi connectivity index (χ4v) is 5.41. The largest absolute Gasteiger partial charge is 0.481 e. The number of carbonyl (C=O) groups excluding carboxylic acids is 2. The first-order valence-electron chi connectivity index (χ1n) is 13.6. The normalized spacial score (nSPS) is 35.7. The van der Waals surface area contributed by atoms with Gasteiger partial charge in [-0.25, -0.2) is 0 Å². The average Bonchev–Trinajstić information content (AvgIpc) is 3.60. The van der Waals surface area contributed by atoms with Crippen molar-refractivity contribution in [2.24, 2.45) is 5.92 Å². The van der Waals surface area contributed by atoms with E-state index in [-0.39, 0.29) is 42.6 Å². The Morgan fingerprint density at radius 3 is 2.51 bits per heavy atom. The number of amides is 1. The predicted molar refractivity (Wildman–Crippen MR) is 143 cm³/mol. The highest BCUT2D eigenvalue weighted by Gasteiger charge is 2.59. The summed E-state index contributed by atoms with van der Waals surface area (Å²) in [5.41, 5.74) is 0.564. The highest BCUT2D eigenvalue weighted by Crippen LogP contribution is 2.44. The molecule has 0 aliphatic carbocycles. The molecule has 10 nitrogen and oxygen atoms in total. The summed E-state index contributed by atoms with van der Waals surface area (Å²) in [4.78, 5) is 34.6. The lowest BCUT2D eigenvalue weighted by Crippen LogP contribution is -2.51. The van der Waals surface area contributed by atoms with Gasteiger partial charge in [-0.15, -0.1) is 0 Å². The van der Waals surface area contributed by atoms with Crippen LogP contribution in [0.5, 0.6) is 0 Å². The van der Waals surface area contributed by atoms with Gasteiger partial charge in [0.1, 0.15) is 23.9 Å². The molecule has 0 aromatic heterocycles. The third kappa shape index (κ3) is 8.99. The Balaban J connectivity index is 1.52. The number of nitrogens with one attached hydrogen (secondary N) is 1. The lowest BCUT2D eigenvalue weighted by Gasteiger charge is -2.39. The molecular formula is C29H43NO9. The minimum absolute atomic E-state index is 0.0109. The van der Waals surface area contributed by atoms with Crippen molar-refractivity contribution in [2.75, 3.05) is 13.7 Å². The molecule has 218 valence electrons. The Hall–Kier alpha value is -2.53. The van der Waals surface area contributed by atoms with E-state index in [4.69, 9.17) is 23.7 Å². The van der Waals surface area contributed by atoms with Crippen LogP contribution in [0.3, 0.4) is 0 Å². The maximum absolute atomic E-state index is 12.3. The SMILES string of the molecule is CO[C@@H]1[C@@H](/C=C/C(C)=C/C[C@@H]2O[C@H](C)[C@H](NC(=O)/C=C\[C@H](C)OC(C)=O)C[C@@H]2C)O[C@H](CC(=O)O)C[C@@]12CO2. The summed E-state index contributed by atoms with van der Waals surface area (Å²) in [6.45, 7) is 9.65. The van der Waals surface area contributed by atoms with E-state index in [0.717, 1.165) is 18.4 Å². The number of carboxylic acid groups (broad SMARTS) is 1. The Kier molecular flexibility index (Phi) is 10.9. The Morgan fingerprint density at radius 2 is 1.90 bits per heavy atom. The molecule has 3 aliphatic rings. The molecule has 3 heterocycles. The number of ether oxygens (including phenoxy) is 5. The molecule has 1 amide bonds. The summed E-state index contributed by atoms with van der Waals surface area (Å²) >= 11 is 0. The van der Waals surface area contributed by atoms with Gasteiger partial charge in [-0.3, -0.25) is 14.4 Å². The maximum atomic E-state index is 12.3. The van der Waals surface area contributed by atoms with E-state index in [2.05, 4.69) is 18.3 Å². The lowest BCUT2D eigenvalue weighted by molar-refractivity contribution is -0.160. The van der Waals surface area contributed by atoms with E-state index >= 15 is 0 Å². The topological polar surface area (TPSA) is 133 Å². The molecule has 2 N–H and O–H groups in total. The van der Waals surface area contributed by atoms with E-state index in [9.17, 15) is 19.5 Å². The van der Waals surface area contributed by atoms with E-state index < -0.39 is 35.9 Å². The van der Waals surface area contributed by atoms with Crippen LogP contribution in [0.25, 0.3) is 0 Å². The molecule has 0 aromatic carbocycles. The second-order valence-electron chi connectivity index (χ2n) is 11.0. The zero-order valence-electron chi connectivity index (χ0n) is 23.8. The van der Waals surface area contributed by atoms with Crippen LogP contribution in [0.4, 0.5) is 0 Å². The third-order valence-electron chi connectivity index (χ3n) is 7.55. The minimum Gasteiger partial charge on any atom is -0.481 e. The molecule has 0 unspecified atom stereocenters. The van der Waals surface area contributed by atoms with Gasteiger partial charge in [-0.1, -0.05) is 30.7 Å². The van der Waals surface area contributed by atoms with Gasteiger partial charge in [-0.2, -0.15) is 0 Å². The second kappa shape index (κ2) is 13.7. The number of hydrogen-bond donors (Lipinski definition) is 2. The highest BCUT2D eigenvalue weighted by atomic mass is 16.6. The molecule has 0 saturated carbocycles. The molecule has 10 heteroatoms. The maximum Gasteiger partial charge on any atom is 0.305 e. The average molecular weight is 550 g/mol. The molecular weight excluding hydrogens is 506 g/mol. The zero-order chi connectivity index (χ0) is 28.7. The summed E-state index contributed by atoms with van der Waals surface area (Å²) in [6, 6.07) is -0.118. The Bertz CT molecular complexity index is 970. The van der Waals surface area contributed by atoms with Crippen LogP contribution in [0.15, 0.2) is 36.0 Å². The van der Waals surface area contributed by atoms with Crippen LogP contribution in [-0.2, 0) is 38.1 Å². The summed E-state index contributed by atoms with van der Waals surface area (Å²) in [5.74, 6) is -1.31. The number of esters is 1. The molecule has 0 bridgehead atoms. The first kappa shape index (κ1) is 31.0. The van der Waals surface area contributed by atoms with Crippen LogP contribution >= 0.6 is 0 Å². The van der Waals surface area contributed by atoms with Crippen molar-refractivity contribution in [2.45, 2.75) is 109 Å².